The molecule has 1 saturated heterocycles. The lowest BCUT2D eigenvalue weighted by molar-refractivity contribution is -0.115. The molecule has 1 aromatic rings. The Morgan fingerprint density at radius 2 is 2.26 bits per heavy atom. The van der Waals surface area contributed by atoms with Crippen molar-refractivity contribution in [2.75, 3.05) is 32.1 Å². The van der Waals surface area contributed by atoms with Crippen LogP contribution in [0.25, 0.3) is 0 Å². The number of carbonyl (C=O) groups is 1. The van der Waals surface area contributed by atoms with Gasteiger partial charge in [0.1, 0.15) is 11.9 Å². The van der Waals surface area contributed by atoms with Crippen molar-refractivity contribution in [2.24, 2.45) is 0 Å². The van der Waals surface area contributed by atoms with E-state index in [4.69, 9.17) is 9.47 Å². The van der Waals surface area contributed by atoms with Crippen molar-refractivity contribution in [3.63, 3.8) is 0 Å². The minimum absolute atomic E-state index is 0. The second kappa shape index (κ2) is 7.99. The number of para-hydroxylation sites is 2. The highest BCUT2D eigenvalue weighted by Gasteiger charge is 2.18. The molecule has 6 heteroatoms. The van der Waals surface area contributed by atoms with E-state index in [1.165, 1.54) is 0 Å². The second-order valence-electron chi connectivity index (χ2n) is 4.18. The van der Waals surface area contributed by atoms with E-state index in [0.717, 1.165) is 13.0 Å². The zero-order valence-corrected chi connectivity index (χ0v) is 11.7. The summed E-state index contributed by atoms with van der Waals surface area (Å²) in [5.74, 6) is 0.605. The van der Waals surface area contributed by atoms with Gasteiger partial charge < -0.3 is 20.1 Å². The summed E-state index contributed by atoms with van der Waals surface area (Å²) in [4.78, 5) is 11.5. The van der Waals surface area contributed by atoms with Gasteiger partial charge in [-0.2, -0.15) is 0 Å². The maximum Gasteiger partial charge on any atom is 0.238 e. The van der Waals surface area contributed by atoms with Crippen molar-refractivity contribution in [2.45, 2.75) is 12.5 Å². The van der Waals surface area contributed by atoms with E-state index < -0.39 is 0 Å². The Hall–Kier alpha value is -1.30. The molecular weight excluding hydrogens is 268 g/mol. The number of benzene rings is 1. The van der Waals surface area contributed by atoms with Crippen molar-refractivity contribution < 1.29 is 14.3 Å². The molecule has 1 heterocycles. The Morgan fingerprint density at radius 1 is 1.47 bits per heavy atom. The molecule has 0 saturated carbocycles. The topological polar surface area (TPSA) is 59.6 Å². The van der Waals surface area contributed by atoms with Gasteiger partial charge in [0, 0.05) is 6.42 Å². The molecule has 1 unspecified atom stereocenters. The van der Waals surface area contributed by atoms with Gasteiger partial charge in [-0.05, 0) is 19.2 Å². The molecule has 0 spiro atoms. The Kier molecular flexibility index (Phi) is 6.62. The molecule has 0 radical (unpaired) electrons. The number of ether oxygens (including phenoxy) is 2. The predicted molar refractivity (Wildman–Crippen MR) is 76.1 cm³/mol. The Balaban J connectivity index is 0.00000180. The van der Waals surface area contributed by atoms with Crippen molar-refractivity contribution in [3.8, 4) is 5.75 Å². The zero-order chi connectivity index (χ0) is 12.8. The first-order chi connectivity index (χ1) is 8.79. The molecule has 1 amide bonds. The van der Waals surface area contributed by atoms with Gasteiger partial charge in [0.05, 0.1) is 25.4 Å². The number of rotatable bonds is 5. The SMILES string of the molecule is CNCC(=O)Nc1ccccc1OC1CCOC1.Cl. The molecule has 0 aliphatic carbocycles. The predicted octanol–water partition coefficient (Wildman–Crippen LogP) is 1.43. The molecule has 1 atom stereocenters. The molecule has 106 valence electrons. The number of amides is 1. The van der Waals surface area contributed by atoms with Gasteiger partial charge in [-0.15, -0.1) is 12.4 Å². The summed E-state index contributed by atoms with van der Waals surface area (Å²) in [6, 6.07) is 7.44. The highest BCUT2D eigenvalue weighted by Crippen LogP contribution is 2.26. The van der Waals surface area contributed by atoms with Gasteiger partial charge in [0.15, 0.2) is 0 Å². The fourth-order valence-electron chi connectivity index (χ4n) is 1.81. The van der Waals surface area contributed by atoms with Crippen LogP contribution in [0, 0.1) is 0 Å². The zero-order valence-electron chi connectivity index (χ0n) is 10.8. The molecule has 1 aliphatic rings. The summed E-state index contributed by atoms with van der Waals surface area (Å²) in [5, 5.41) is 5.63. The van der Waals surface area contributed by atoms with Crippen LogP contribution in [0.2, 0.25) is 0 Å². The van der Waals surface area contributed by atoms with Crippen LogP contribution >= 0.6 is 12.4 Å². The molecule has 2 N–H and O–H groups in total. The maximum absolute atomic E-state index is 11.5. The lowest BCUT2D eigenvalue weighted by atomic mass is 10.2. The number of hydrogen-bond acceptors (Lipinski definition) is 4. The monoisotopic (exact) mass is 286 g/mol. The molecule has 2 rings (SSSR count). The third-order valence-electron chi connectivity index (χ3n) is 2.68. The molecule has 1 fully saturated rings. The number of nitrogens with one attached hydrogen (secondary N) is 2. The Bertz CT molecular complexity index is 409. The summed E-state index contributed by atoms with van der Waals surface area (Å²) in [7, 11) is 1.73. The van der Waals surface area contributed by atoms with E-state index in [1.807, 2.05) is 24.3 Å². The minimum Gasteiger partial charge on any atom is -0.486 e. The van der Waals surface area contributed by atoms with Gasteiger partial charge in [0.25, 0.3) is 0 Å². The number of likely N-dealkylation sites (N-methyl/N-ethyl adjacent to an activating group) is 1. The fourth-order valence-corrected chi connectivity index (χ4v) is 1.81. The van der Waals surface area contributed by atoms with Crippen molar-refractivity contribution >= 4 is 24.0 Å². The van der Waals surface area contributed by atoms with Gasteiger partial charge in [-0.3, -0.25) is 4.79 Å². The number of halogens is 1. The van der Waals surface area contributed by atoms with Crippen molar-refractivity contribution in [1.82, 2.24) is 5.32 Å². The van der Waals surface area contributed by atoms with Gasteiger partial charge in [0.2, 0.25) is 5.91 Å². The summed E-state index contributed by atoms with van der Waals surface area (Å²) < 4.78 is 11.1. The first-order valence-corrected chi connectivity index (χ1v) is 6.07. The van der Waals surface area contributed by atoms with Crippen LogP contribution in [0.15, 0.2) is 24.3 Å². The standard InChI is InChI=1S/C13H18N2O3.ClH/c1-14-8-13(16)15-11-4-2-3-5-12(11)18-10-6-7-17-9-10;/h2-5,10,14H,6-9H2,1H3,(H,15,16);1H. The normalized spacial score (nSPS) is 17.6. The first kappa shape index (κ1) is 15.8. The number of anilines is 1. The van der Waals surface area contributed by atoms with Gasteiger partial charge in [-0.1, -0.05) is 12.1 Å². The maximum atomic E-state index is 11.5. The molecule has 5 nitrogen and oxygen atoms in total. The van der Waals surface area contributed by atoms with Crippen LogP contribution < -0.4 is 15.4 Å². The highest BCUT2D eigenvalue weighted by molar-refractivity contribution is 5.93. The Labute approximate surface area is 119 Å². The van der Waals surface area contributed by atoms with E-state index in [9.17, 15) is 4.79 Å². The smallest absolute Gasteiger partial charge is 0.238 e. The summed E-state index contributed by atoms with van der Waals surface area (Å²) in [6.45, 7) is 1.62. The van der Waals surface area contributed by atoms with E-state index in [-0.39, 0.29) is 31.0 Å². The average molecular weight is 287 g/mol. The molecule has 19 heavy (non-hydrogen) atoms. The van der Waals surface area contributed by atoms with Crippen LogP contribution in [-0.4, -0.2) is 38.8 Å². The van der Waals surface area contributed by atoms with Crippen LogP contribution in [0.5, 0.6) is 5.75 Å². The van der Waals surface area contributed by atoms with Crippen LogP contribution in [0.1, 0.15) is 6.42 Å². The minimum atomic E-state index is -0.0868. The lowest BCUT2D eigenvalue weighted by Crippen LogP contribution is -2.25. The highest BCUT2D eigenvalue weighted by atomic mass is 35.5. The largest absolute Gasteiger partial charge is 0.486 e. The lowest BCUT2D eigenvalue weighted by Gasteiger charge is -2.15. The van der Waals surface area contributed by atoms with Crippen molar-refractivity contribution in [1.29, 1.82) is 0 Å². The summed E-state index contributed by atoms with van der Waals surface area (Å²) in [5.41, 5.74) is 0.699. The van der Waals surface area contributed by atoms with E-state index in [0.29, 0.717) is 18.0 Å². The molecule has 1 aliphatic heterocycles. The quantitative estimate of drug-likeness (QED) is 0.860. The third kappa shape index (κ3) is 4.70. The van der Waals surface area contributed by atoms with E-state index in [1.54, 1.807) is 7.05 Å². The molecule has 0 bridgehead atoms. The van der Waals surface area contributed by atoms with E-state index in [2.05, 4.69) is 10.6 Å². The third-order valence-corrected chi connectivity index (χ3v) is 2.68. The van der Waals surface area contributed by atoms with Crippen LogP contribution in [0.4, 0.5) is 5.69 Å². The van der Waals surface area contributed by atoms with Crippen LogP contribution in [-0.2, 0) is 9.53 Å². The second-order valence-corrected chi connectivity index (χ2v) is 4.18. The van der Waals surface area contributed by atoms with Crippen molar-refractivity contribution in [3.05, 3.63) is 24.3 Å². The average Bonchev–Trinajstić information content (AvgIpc) is 2.85. The number of carbonyl (C=O) groups excluding carboxylic acids is 1. The first-order valence-electron chi connectivity index (χ1n) is 6.07. The summed E-state index contributed by atoms with van der Waals surface area (Å²) >= 11 is 0. The van der Waals surface area contributed by atoms with E-state index >= 15 is 0 Å². The molecular formula is C13H19ClN2O3. The Morgan fingerprint density at radius 3 is 2.95 bits per heavy atom. The van der Waals surface area contributed by atoms with Crippen LogP contribution in [0.3, 0.4) is 0 Å². The fraction of sp³-hybridized carbons (Fsp3) is 0.462. The summed E-state index contributed by atoms with van der Waals surface area (Å²) in [6.07, 6.45) is 0.964. The number of hydrogen-bond donors (Lipinski definition) is 2. The van der Waals surface area contributed by atoms with Gasteiger partial charge >= 0.3 is 0 Å². The molecule has 0 aromatic heterocycles. The molecule has 1 aromatic carbocycles. The van der Waals surface area contributed by atoms with Gasteiger partial charge in [-0.25, -0.2) is 0 Å².